The van der Waals surface area contributed by atoms with Crippen molar-refractivity contribution in [1.82, 2.24) is 10.2 Å². The average Bonchev–Trinajstić information content (AvgIpc) is 2.91. The van der Waals surface area contributed by atoms with E-state index in [0.717, 1.165) is 38.8 Å². The molecule has 19 heavy (non-hydrogen) atoms. The molecule has 2 aliphatic rings. The molecule has 1 saturated heterocycles. The van der Waals surface area contributed by atoms with Crippen LogP contribution in [0.5, 0.6) is 0 Å². The summed E-state index contributed by atoms with van der Waals surface area (Å²) in [5, 5.41) is 3.03. The Kier molecular flexibility index (Phi) is 4.84. The molecular weight excluding hydrogens is 264 g/mol. The number of sulfone groups is 1. The predicted octanol–water partition coefficient (Wildman–Crippen LogP) is 0.554. The van der Waals surface area contributed by atoms with E-state index in [1.807, 2.05) is 6.92 Å². The van der Waals surface area contributed by atoms with Crippen molar-refractivity contribution in [2.24, 2.45) is 0 Å². The van der Waals surface area contributed by atoms with Crippen molar-refractivity contribution in [3.8, 4) is 0 Å². The van der Waals surface area contributed by atoms with Gasteiger partial charge in [0.2, 0.25) is 5.91 Å². The number of nitrogens with zero attached hydrogens (tertiary/aromatic N) is 1. The molecule has 0 bridgehead atoms. The van der Waals surface area contributed by atoms with E-state index < -0.39 is 9.84 Å². The highest BCUT2D eigenvalue weighted by molar-refractivity contribution is 7.92. The third-order valence-electron chi connectivity index (χ3n) is 4.23. The minimum atomic E-state index is -3.07. The Morgan fingerprint density at radius 1 is 1.32 bits per heavy atom. The molecule has 2 fully saturated rings. The Labute approximate surface area is 115 Å². The molecule has 1 saturated carbocycles. The minimum absolute atomic E-state index is 0.0180. The molecule has 0 radical (unpaired) electrons. The Morgan fingerprint density at radius 3 is 2.63 bits per heavy atom. The van der Waals surface area contributed by atoms with Gasteiger partial charge in [0.05, 0.1) is 11.0 Å². The molecule has 0 unspecified atom stereocenters. The Hall–Kier alpha value is -0.620. The van der Waals surface area contributed by atoms with E-state index in [2.05, 4.69) is 5.32 Å². The number of nitrogens with one attached hydrogen (secondary N) is 1. The van der Waals surface area contributed by atoms with Gasteiger partial charge in [-0.05, 0) is 19.8 Å². The van der Waals surface area contributed by atoms with E-state index in [0.29, 0.717) is 6.54 Å². The standard InChI is InChI=1S/C13H24N2O3S/c1-11-10-14-7-8-15(11)13(16)6-9-19(17,18)12-4-2-3-5-12/h11-12,14H,2-10H2,1H3/t11-/m0/s1. The zero-order chi connectivity index (χ0) is 13.9. The second-order valence-electron chi connectivity index (χ2n) is 5.66. The van der Waals surface area contributed by atoms with E-state index in [1.165, 1.54) is 0 Å². The van der Waals surface area contributed by atoms with Crippen molar-refractivity contribution in [2.45, 2.75) is 50.3 Å². The maximum atomic E-state index is 12.1. The fraction of sp³-hybridized carbons (Fsp3) is 0.923. The highest BCUT2D eigenvalue weighted by Crippen LogP contribution is 2.25. The molecule has 1 aliphatic heterocycles. The highest BCUT2D eigenvalue weighted by atomic mass is 32.2. The summed E-state index contributed by atoms with van der Waals surface area (Å²) in [6.07, 6.45) is 3.71. The van der Waals surface area contributed by atoms with Crippen LogP contribution in [-0.2, 0) is 14.6 Å². The smallest absolute Gasteiger partial charge is 0.223 e. The summed E-state index contributed by atoms with van der Waals surface area (Å²) in [6, 6.07) is 0.162. The van der Waals surface area contributed by atoms with Crippen LogP contribution in [0.1, 0.15) is 39.0 Å². The highest BCUT2D eigenvalue weighted by Gasteiger charge is 2.30. The third-order valence-corrected chi connectivity index (χ3v) is 6.49. The van der Waals surface area contributed by atoms with Crippen molar-refractivity contribution < 1.29 is 13.2 Å². The van der Waals surface area contributed by atoms with Crippen molar-refractivity contribution in [3.63, 3.8) is 0 Å². The number of carbonyl (C=O) groups excluding carboxylic acids is 1. The molecule has 0 aromatic rings. The zero-order valence-corrected chi connectivity index (χ0v) is 12.4. The lowest BCUT2D eigenvalue weighted by atomic mass is 10.2. The van der Waals surface area contributed by atoms with Crippen LogP contribution >= 0.6 is 0 Å². The first-order valence-corrected chi connectivity index (χ1v) is 8.94. The van der Waals surface area contributed by atoms with Crippen LogP contribution in [-0.4, -0.2) is 55.9 Å². The van der Waals surface area contributed by atoms with E-state index in [9.17, 15) is 13.2 Å². The SMILES string of the molecule is C[C@H]1CNCCN1C(=O)CCS(=O)(=O)C1CCCC1. The first-order valence-electron chi connectivity index (χ1n) is 7.22. The van der Waals surface area contributed by atoms with Crippen LogP contribution in [0.2, 0.25) is 0 Å². The van der Waals surface area contributed by atoms with Crippen LogP contribution < -0.4 is 5.32 Å². The second-order valence-corrected chi connectivity index (χ2v) is 8.06. The lowest BCUT2D eigenvalue weighted by Crippen LogP contribution is -2.52. The molecule has 110 valence electrons. The minimum Gasteiger partial charge on any atom is -0.337 e. The van der Waals surface area contributed by atoms with Gasteiger partial charge in [0.25, 0.3) is 0 Å². The summed E-state index contributed by atoms with van der Waals surface area (Å²) in [6.45, 7) is 4.27. The van der Waals surface area contributed by atoms with Gasteiger partial charge in [-0.15, -0.1) is 0 Å². The second kappa shape index (κ2) is 6.22. The largest absolute Gasteiger partial charge is 0.337 e. The molecule has 1 amide bonds. The maximum absolute atomic E-state index is 12.1. The molecule has 1 aliphatic carbocycles. The molecule has 0 aromatic carbocycles. The van der Waals surface area contributed by atoms with E-state index in [1.54, 1.807) is 4.90 Å². The molecule has 1 N–H and O–H groups in total. The van der Waals surface area contributed by atoms with Crippen molar-refractivity contribution in [2.75, 3.05) is 25.4 Å². The fourth-order valence-corrected chi connectivity index (χ4v) is 4.84. The number of amides is 1. The first-order chi connectivity index (χ1) is 9.00. The van der Waals surface area contributed by atoms with Crippen molar-refractivity contribution in [3.05, 3.63) is 0 Å². The lowest BCUT2D eigenvalue weighted by Gasteiger charge is -2.34. The summed E-state index contributed by atoms with van der Waals surface area (Å²) in [4.78, 5) is 13.9. The van der Waals surface area contributed by atoms with Gasteiger partial charge in [0.1, 0.15) is 0 Å². The quantitative estimate of drug-likeness (QED) is 0.820. The molecule has 1 heterocycles. The van der Waals surface area contributed by atoms with Gasteiger partial charge in [0.15, 0.2) is 9.84 Å². The van der Waals surface area contributed by atoms with Gasteiger partial charge < -0.3 is 10.2 Å². The molecule has 6 heteroatoms. The van der Waals surface area contributed by atoms with E-state index in [4.69, 9.17) is 0 Å². The van der Waals surface area contributed by atoms with Crippen LogP contribution in [0.4, 0.5) is 0 Å². The van der Waals surface area contributed by atoms with Gasteiger partial charge in [-0.1, -0.05) is 12.8 Å². The monoisotopic (exact) mass is 288 g/mol. The van der Waals surface area contributed by atoms with Gasteiger partial charge in [-0.2, -0.15) is 0 Å². The Morgan fingerprint density at radius 2 is 2.00 bits per heavy atom. The lowest BCUT2D eigenvalue weighted by molar-refractivity contribution is -0.133. The average molecular weight is 288 g/mol. The zero-order valence-electron chi connectivity index (χ0n) is 11.6. The molecule has 1 atom stereocenters. The number of hydrogen-bond donors (Lipinski definition) is 1. The predicted molar refractivity (Wildman–Crippen MR) is 74.7 cm³/mol. The fourth-order valence-electron chi connectivity index (χ4n) is 3.00. The summed E-state index contributed by atoms with van der Waals surface area (Å²) in [7, 11) is -3.07. The number of carbonyl (C=O) groups is 1. The van der Waals surface area contributed by atoms with Crippen LogP contribution in [0.25, 0.3) is 0 Å². The third kappa shape index (κ3) is 3.69. The van der Waals surface area contributed by atoms with Gasteiger partial charge in [-0.25, -0.2) is 8.42 Å². The topological polar surface area (TPSA) is 66.5 Å². The maximum Gasteiger partial charge on any atom is 0.223 e. The normalized spacial score (nSPS) is 25.7. The number of hydrogen-bond acceptors (Lipinski definition) is 4. The van der Waals surface area contributed by atoms with Gasteiger partial charge in [-0.3, -0.25) is 4.79 Å². The van der Waals surface area contributed by atoms with Crippen molar-refractivity contribution >= 4 is 15.7 Å². The molecular formula is C13H24N2O3S. The molecule has 2 rings (SSSR count). The summed E-state index contributed by atoms with van der Waals surface area (Å²) in [5.74, 6) is 0.00299. The summed E-state index contributed by atoms with van der Waals surface area (Å²) in [5.41, 5.74) is 0. The molecule has 0 spiro atoms. The number of piperazine rings is 1. The van der Waals surface area contributed by atoms with Crippen molar-refractivity contribution in [1.29, 1.82) is 0 Å². The van der Waals surface area contributed by atoms with Gasteiger partial charge >= 0.3 is 0 Å². The van der Waals surface area contributed by atoms with Gasteiger partial charge in [0, 0.05) is 32.1 Å². The van der Waals surface area contributed by atoms with E-state index in [-0.39, 0.29) is 29.4 Å². The Balaban J connectivity index is 1.85. The Bertz CT molecular complexity index is 416. The molecule has 5 nitrogen and oxygen atoms in total. The summed E-state index contributed by atoms with van der Waals surface area (Å²) >= 11 is 0. The number of rotatable bonds is 4. The van der Waals surface area contributed by atoms with E-state index >= 15 is 0 Å². The van der Waals surface area contributed by atoms with Crippen LogP contribution in [0.3, 0.4) is 0 Å². The van der Waals surface area contributed by atoms with Crippen LogP contribution in [0, 0.1) is 0 Å². The first kappa shape index (κ1) is 14.8. The summed E-state index contributed by atoms with van der Waals surface area (Å²) < 4.78 is 24.2. The van der Waals surface area contributed by atoms with Crippen LogP contribution in [0.15, 0.2) is 0 Å². The molecule has 0 aromatic heterocycles.